The summed E-state index contributed by atoms with van der Waals surface area (Å²) >= 11 is 1.39. The number of carbonyl (C=O) groups is 1. The van der Waals surface area contributed by atoms with Crippen LogP contribution in [0, 0.1) is 0 Å². The Morgan fingerprint density at radius 1 is 1.64 bits per heavy atom. The van der Waals surface area contributed by atoms with Crippen LogP contribution in [0.2, 0.25) is 0 Å². The van der Waals surface area contributed by atoms with E-state index in [1.54, 1.807) is 12.1 Å². The number of carbonyl (C=O) groups excluding carboxylic acids is 1. The molecule has 11 heavy (non-hydrogen) atoms. The van der Waals surface area contributed by atoms with Crippen LogP contribution in [0.4, 0.5) is 0 Å². The average molecular weight is 213 g/mol. The van der Waals surface area contributed by atoms with Crippen LogP contribution in [-0.4, -0.2) is 34.9 Å². The maximum atomic E-state index is 10.9. The van der Waals surface area contributed by atoms with E-state index in [0.29, 0.717) is 5.69 Å². The summed E-state index contributed by atoms with van der Waals surface area (Å²) in [5.41, 5.74) is 0.370. The van der Waals surface area contributed by atoms with Crippen molar-refractivity contribution in [2.24, 2.45) is 0 Å². The molecule has 0 aliphatic heterocycles. The fourth-order valence-electron chi connectivity index (χ4n) is 0.670. The molecular formula is C7H8AsNO2. The van der Waals surface area contributed by atoms with Crippen LogP contribution >= 0.6 is 0 Å². The fraction of sp³-hybridized carbons (Fsp3) is 0.143. The Morgan fingerprint density at radius 2 is 2.36 bits per heavy atom. The molecule has 0 aliphatic carbocycles. The third-order valence-electron chi connectivity index (χ3n) is 1.17. The number of nitrogens with zero attached hydrogens (tertiary/aromatic N) is 1. The molecule has 0 saturated carbocycles. The van der Waals surface area contributed by atoms with Crippen molar-refractivity contribution in [3.63, 3.8) is 0 Å². The van der Waals surface area contributed by atoms with Gasteiger partial charge >= 0.3 is 72.8 Å². The average Bonchev–Trinajstić information content (AvgIpc) is 2.03. The molecule has 58 valence electrons. The predicted octanol–water partition coefficient (Wildman–Crippen LogP) is -0.873. The number of esters is 1. The molecule has 0 saturated heterocycles. The van der Waals surface area contributed by atoms with Gasteiger partial charge in [-0.3, -0.25) is 0 Å². The van der Waals surface area contributed by atoms with Gasteiger partial charge in [0.2, 0.25) is 0 Å². The zero-order valence-corrected chi connectivity index (χ0v) is 8.50. The quantitative estimate of drug-likeness (QED) is 0.449. The zero-order chi connectivity index (χ0) is 8.27. The molecule has 1 unspecified atom stereocenters. The number of aromatic nitrogens is 1. The third kappa shape index (κ3) is 2.05. The standard InChI is InChI=1S/C7H8AsNO2/c1-11-7(10)5-3-2-4-6(8)9-5/h2-4H,8H2,1H3. The Labute approximate surface area is 73.3 Å². The first-order valence-corrected chi connectivity index (χ1v) is 4.26. The minimum absolute atomic E-state index is 0.370. The summed E-state index contributed by atoms with van der Waals surface area (Å²) in [4.78, 5) is 14.9. The van der Waals surface area contributed by atoms with Crippen molar-refractivity contribution in [3.05, 3.63) is 23.9 Å². The second-order valence-corrected chi connectivity index (χ2v) is 3.18. The van der Waals surface area contributed by atoms with Crippen LogP contribution in [-0.2, 0) is 4.74 Å². The number of hydrogen-bond donors (Lipinski definition) is 0. The molecule has 0 fully saturated rings. The first kappa shape index (κ1) is 8.28. The maximum absolute atomic E-state index is 10.9. The van der Waals surface area contributed by atoms with Gasteiger partial charge in [-0.25, -0.2) is 0 Å². The number of methoxy groups -OCH3 is 1. The van der Waals surface area contributed by atoms with Crippen LogP contribution in [0.5, 0.6) is 0 Å². The van der Waals surface area contributed by atoms with Crippen molar-refractivity contribution >= 4 is 27.3 Å². The van der Waals surface area contributed by atoms with Gasteiger partial charge in [-0.05, 0) is 0 Å². The van der Waals surface area contributed by atoms with E-state index in [1.807, 2.05) is 6.07 Å². The van der Waals surface area contributed by atoms with Crippen molar-refractivity contribution < 1.29 is 9.53 Å². The van der Waals surface area contributed by atoms with E-state index in [1.165, 1.54) is 24.0 Å². The Kier molecular flexibility index (Phi) is 2.66. The Bertz CT molecular complexity index is 275. The molecule has 3 nitrogen and oxygen atoms in total. The minimum atomic E-state index is -0.385. The number of rotatable bonds is 1. The fourth-order valence-corrected chi connectivity index (χ4v) is 1.19. The Balaban J connectivity index is 2.96. The summed E-state index contributed by atoms with van der Waals surface area (Å²) in [7, 11) is 1.34. The Hall–Kier alpha value is -0.822. The van der Waals surface area contributed by atoms with E-state index in [0.717, 1.165) is 4.48 Å². The molecular weight excluding hydrogens is 205 g/mol. The van der Waals surface area contributed by atoms with Gasteiger partial charge in [0, 0.05) is 0 Å². The van der Waals surface area contributed by atoms with Crippen molar-refractivity contribution in [2.75, 3.05) is 7.11 Å². The first-order valence-electron chi connectivity index (χ1n) is 3.05. The van der Waals surface area contributed by atoms with Gasteiger partial charge in [0.1, 0.15) is 0 Å². The SMILES string of the molecule is COC(=O)c1cccc([AsH2])n1. The first-order chi connectivity index (χ1) is 5.24. The molecule has 0 spiro atoms. The summed E-state index contributed by atoms with van der Waals surface area (Å²) in [6.07, 6.45) is 0. The van der Waals surface area contributed by atoms with Crippen LogP contribution in [0.15, 0.2) is 18.2 Å². The second-order valence-electron chi connectivity index (χ2n) is 1.94. The number of hydrogen-bond acceptors (Lipinski definition) is 3. The van der Waals surface area contributed by atoms with Gasteiger partial charge in [0.15, 0.2) is 0 Å². The summed E-state index contributed by atoms with van der Waals surface area (Å²) < 4.78 is 5.37. The predicted molar refractivity (Wildman–Crippen MR) is 43.8 cm³/mol. The van der Waals surface area contributed by atoms with Gasteiger partial charge in [-0.1, -0.05) is 0 Å². The van der Waals surface area contributed by atoms with Crippen LogP contribution in [0.3, 0.4) is 0 Å². The topological polar surface area (TPSA) is 39.2 Å². The van der Waals surface area contributed by atoms with Gasteiger partial charge < -0.3 is 0 Å². The molecule has 0 radical (unpaired) electrons. The third-order valence-corrected chi connectivity index (χ3v) is 1.84. The van der Waals surface area contributed by atoms with E-state index < -0.39 is 0 Å². The van der Waals surface area contributed by atoms with Crippen LogP contribution in [0.1, 0.15) is 10.5 Å². The summed E-state index contributed by atoms with van der Waals surface area (Å²) in [6, 6.07) is 5.28. The molecule has 0 amide bonds. The van der Waals surface area contributed by atoms with Gasteiger partial charge in [-0.2, -0.15) is 0 Å². The zero-order valence-electron chi connectivity index (χ0n) is 6.07. The molecule has 0 aliphatic rings. The monoisotopic (exact) mass is 213 g/mol. The van der Waals surface area contributed by atoms with Gasteiger partial charge in [-0.15, -0.1) is 0 Å². The van der Waals surface area contributed by atoms with Crippen molar-refractivity contribution in [1.82, 2.24) is 4.98 Å². The van der Waals surface area contributed by atoms with Gasteiger partial charge in [0.25, 0.3) is 0 Å². The van der Waals surface area contributed by atoms with E-state index in [9.17, 15) is 4.79 Å². The summed E-state index contributed by atoms with van der Waals surface area (Å²) in [5.74, 6) is -0.385. The molecule has 0 aromatic carbocycles. The van der Waals surface area contributed by atoms with E-state index in [4.69, 9.17) is 0 Å². The molecule has 0 N–H and O–H groups in total. The van der Waals surface area contributed by atoms with E-state index >= 15 is 0 Å². The second kappa shape index (κ2) is 3.53. The normalized spacial score (nSPS) is 9.27. The molecule has 1 rings (SSSR count). The number of pyridine rings is 1. The summed E-state index contributed by atoms with van der Waals surface area (Å²) in [5, 5.41) is 0. The molecule has 1 atom stereocenters. The van der Waals surface area contributed by atoms with Gasteiger partial charge in [0.05, 0.1) is 0 Å². The van der Waals surface area contributed by atoms with E-state index in [2.05, 4.69) is 9.72 Å². The molecule has 0 bridgehead atoms. The molecule has 1 heterocycles. The Morgan fingerprint density at radius 3 is 2.91 bits per heavy atom. The number of ether oxygens (including phenoxy) is 1. The summed E-state index contributed by atoms with van der Waals surface area (Å²) in [6.45, 7) is 0. The molecule has 4 heteroatoms. The van der Waals surface area contributed by atoms with Crippen molar-refractivity contribution in [3.8, 4) is 0 Å². The van der Waals surface area contributed by atoms with Crippen LogP contribution < -0.4 is 4.48 Å². The molecule has 1 aromatic heterocycles. The van der Waals surface area contributed by atoms with E-state index in [-0.39, 0.29) is 5.97 Å². The van der Waals surface area contributed by atoms with Crippen molar-refractivity contribution in [1.29, 1.82) is 0 Å². The van der Waals surface area contributed by atoms with Crippen LogP contribution in [0.25, 0.3) is 0 Å². The van der Waals surface area contributed by atoms with Crippen molar-refractivity contribution in [2.45, 2.75) is 0 Å². The molecule has 1 aromatic rings.